The second-order valence-corrected chi connectivity index (χ2v) is 3.82. The van der Waals surface area contributed by atoms with Crippen LogP contribution in [0.1, 0.15) is 12.5 Å². The molecule has 0 aliphatic heterocycles. The molecule has 0 saturated heterocycles. The molecular formula is C12H15N3. The molecule has 1 aromatic carbocycles. The average molecular weight is 201 g/mol. The van der Waals surface area contributed by atoms with Gasteiger partial charge in [0.2, 0.25) is 0 Å². The normalized spacial score (nSPS) is 12.7. The van der Waals surface area contributed by atoms with Crippen LogP contribution in [-0.2, 0) is 6.42 Å². The topological polar surface area (TPSA) is 54.7 Å². The van der Waals surface area contributed by atoms with E-state index in [-0.39, 0.29) is 6.04 Å². The molecule has 0 aliphatic carbocycles. The Kier molecular flexibility index (Phi) is 2.83. The van der Waals surface area contributed by atoms with Crippen molar-refractivity contribution in [1.29, 1.82) is 0 Å². The summed E-state index contributed by atoms with van der Waals surface area (Å²) >= 11 is 0. The quantitative estimate of drug-likeness (QED) is 0.797. The molecule has 3 heteroatoms. The maximum Gasteiger partial charge on any atom is 0.0682 e. The predicted octanol–water partition coefficient (Wildman–Crippen LogP) is 1.97. The highest BCUT2D eigenvalue weighted by atomic mass is 15.1. The molecule has 0 unspecified atom stereocenters. The number of nitrogens with one attached hydrogen (secondary N) is 1. The zero-order valence-electron chi connectivity index (χ0n) is 8.77. The number of rotatable bonds is 3. The van der Waals surface area contributed by atoms with E-state index in [2.05, 4.69) is 22.3 Å². The number of hydrogen-bond donors (Lipinski definition) is 2. The van der Waals surface area contributed by atoms with Gasteiger partial charge in [0, 0.05) is 6.04 Å². The molecule has 1 atom stereocenters. The van der Waals surface area contributed by atoms with E-state index < -0.39 is 0 Å². The van der Waals surface area contributed by atoms with Crippen LogP contribution in [0, 0.1) is 0 Å². The molecule has 0 fully saturated rings. The van der Waals surface area contributed by atoms with E-state index in [1.807, 2.05) is 31.3 Å². The van der Waals surface area contributed by atoms with E-state index in [1.54, 1.807) is 0 Å². The smallest absolute Gasteiger partial charge is 0.0682 e. The molecule has 1 aromatic heterocycles. The van der Waals surface area contributed by atoms with Crippen molar-refractivity contribution in [1.82, 2.24) is 10.2 Å². The third kappa shape index (κ3) is 2.25. The largest absolute Gasteiger partial charge is 0.328 e. The zero-order valence-corrected chi connectivity index (χ0v) is 8.77. The average Bonchev–Trinajstić information content (AvgIpc) is 2.66. The van der Waals surface area contributed by atoms with Crippen molar-refractivity contribution in [3.8, 4) is 11.3 Å². The van der Waals surface area contributed by atoms with Crippen LogP contribution in [0.15, 0.2) is 36.5 Å². The van der Waals surface area contributed by atoms with Crippen molar-refractivity contribution < 1.29 is 0 Å². The van der Waals surface area contributed by atoms with Crippen LogP contribution >= 0.6 is 0 Å². The summed E-state index contributed by atoms with van der Waals surface area (Å²) in [7, 11) is 0. The van der Waals surface area contributed by atoms with Gasteiger partial charge in [0.05, 0.1) is 11.9 Å². The predicted molar refractivity (Wildman–Crippen MR) is 61.4 cm³/mol. The van der Waals surface area contributed by atoms with Crippen molar-refractivity contribution in [2.75, 3.05) is 0 Å². The minimum absolute atomic E-state index is 0.157. The molecule has 0 spiro atoms. The van der Waals surface area contributed by atoms with Gasteiger partial charge in [0.15, 0.2) is 0 Å². The molecule has 3 nitrogen and oxygen atoms in total. The lowest BCUT2D eigenvalue weighted by Gasteiger charge is -2.05. The van der Waals surface area contributed by atoms with Crippen LogP contribution in [-0.4, -0.2) is 16.2 Å². The van der Waals surface area contributed by atoms with Gasteiger partial charge in [0.25, 0.3) is 0 Å². The Balaban J connectivity index is 2.33. The Morgan fingerprint density at radius 1 is 1.33 bits per heavy atom. The Bertz CT molecular complexity index is 417. The van der Waals surface area contributed by atoms with Crippen LogP contribution in [0.3, 0.4) is 0 Å². The Labute approximate surface area is 89.3 Å². The summed E-state index contributed by atoms with van der Waals surface area (Å²) in [5.74, 6) is 0. The molecule has 0 radical (unpaired) electrons. The van der Waals surface area contributed by atoms with Crippen molar-refractivity contribution in [3.05, 3.63) is 42.1 Å². The lowest BCUT2D eigenvalue weighted by molar-refractivity contribution is 0.739. The maximum atomic E-state index is 5.79. The highest BCUT2D eigenvalue weighted by Gasteiger charge is 2.08. The first-order valence-corrected chi connectivity index (χ1v) is 5.10. The SMILES string of the molecule is C[C@@H](N)Cc1cn[nH]c1-c1ccccc1. The number of nitrogens with two attached hydrogens (primary N) is 1. The van der Waals surface area contributed by atoms with Crippen molar-refractivity contribution in [2.24, 2.45) is 5.73 Å². The molecule has 1 heterocycles. The molecule has 2 rings (SSSR count). The number of H-pyrrole nitrogens is 1. The second-order valence-electron chi connectivity index (χ2n) is 3.82. The van der Waals surface area contributed by atoms with Gasteiger partial charge in [0.1, 0.15) is 0 Å². The van der Waals surface area contributed by atoms with Crippen LogP contribution in [0.4, 0.5) is 0 Å². The highest BCUT2D eigenvalue weighted by Crippen LogP contribution is 2.21. The molecule has 0 amide bonds. The Hall–Kier alpha value is -1.61. The Morgan fingerprint density at radius 3 is 2.73 bits per heavy atom. The number of nitrogens with zero attached hydrogens (tertiary/aromatic N) is 1. The summed E-state index contributed by atoms with van der Waals surface area (Å²) < 4.78 is 0. The third-order valence-electron chi connectivity index (χ3n) is 2.32. The first-order chi connectivity index (χ1) is 7.27. The van der Waals surface area contributed by atoms with E-state index in [9.17, 15) is 0 Å². The van der Waals surface area contributed by atoms with Crippen LogP contribution < -0.4 is 5.73 Å². The molecule has 0 bridgehead atoms. The van der Waals surface area contributed by atoms with Gasteiger partial charge in [-0.2, -0.15) is 5.10 Å². The van der Waals surface area contributed by atoms with Crippen molar-refractivity contribution in [2.45, 2.75) is 19.4 Å². The fraction of sp³-hybridized carbons (Fsp3) is 0.250. The Morgan fingerprint density at radius 2 is 2.07 bits per heavy atom. The van der Waals surface area contributed by atoms with Gasteiger partial charge in [-0.15, -0.1) is 0 Å². The second kappa shape index (κ2) is 4.28. The fourth-order valence-electron chi connectivity index (χ4n) is 1.67. The molecule has 78 valence electrons. The standard InChI is InChI=1S/C12H15N3/c1-9(13)7-11-8-14-15-12(11)10-5-3-2-4-6-10/h2-6,8-9H,7,13H2,1H3,(H,14,15)/t9-/m1/s1. The van der Waals surface area contributed by atoms with E-state index in [4.69, 9.17) is 5.73 Å². The monoisotopic (exact) mass is 201 g/mol. The zero-order chi connectivity index (χ0) is 10.7. The molecule has 0 saturated carbocycles. The van der Waals surface area contributed by atoms with E-state index in [1.165, 1.54) is 5.56 Å². The summed E-state index contributed by atoms with van der Waals surface area (Å²) in [6.07, 6.45) is 2.70. The number of hydrogen-bond acceptors (Lipinski definition) is 2. The van der Waals surface area contributed by atoms with Gasteiger partial charge in [-0.25, -0.2) is 0 Å². The molecular weight excluding hydrogens is 186 g/mol. The summed E-state index contributed by atoms with van der Waals surface area (Å²) in [4.78, 5) is 0. The summed E-state index contributed by atoms with van der Waals surface area (Å²) in [6, 6.07) is 10.3. The van der Waals surface area contributed by atoms with Crippen molar-refractivity contribution >= 4 is 0 Å². The minimum atomic E-state index is 0.157. The minimum Gasteiger partial charge on any atom is -0.328 e. The maximum absolute atomic E-state index is 5.79. The van der Waals surface area contributed by atoms with Gasteiger partial charge in [-0.05, 0) is 24.5 Å². The number of benzene rings is 1. The molecule has 3 N–H and O–H groups in total. The third-order valence-corrected chi connectivity index (χ3v) is 2.32. The van der Waals surface area contributed by atoms with Crippen LogP contribution in [0.25, 0.3) is 11.3 Å². The summed E-state index contributed by atoms with van der Waals surface area (Å²) in [5, 5.41) is 7.09. The van der Waals surface area contributed by atoms with Gasteiger partial charge >= 0.3 is 0 Å². The first kappa shape index (κ1) is 9.93. The fourth-order valence-corrected chi connectivity index (χ4v) is 1.67. The molecule has 0 aliphatic rings. The molecule has 15 heavy (non-hydrogen) atoms. The van der Waals surface area contributed by atoms with Gasteiger partial charge in [-0.1, -0.05) is 30.3 Å². The number of aromatic amines is 1. The van der Waals surface area contributed by atoms with E-state index >= 15 is 0 Å². The summed E-state index contributed by atoms with van der Waals surface area (Å²) in [5.41, 5.74) is 9.20. The lowest BCUT2D eigenvalue weighted by atomic mass is 10.0. The van der Waals surface area contributed by atoms with E-state index in [0.29, 0.717) is 0 Å². The van der Waals surface area contributed by atoms with E-state index in [0.717, 1.165) is 17.7 Å². The van der Waals surface area contributed by atoms with Crippen LogP contribution in [0.5, 0.6) is 0 Å². The first-order valence-electron chi connectivity index (χ1n) is 5.10. The summed E-state index contributed by atoms with van der Waals surface area (Å²) in [6.45, 7) is 2.00. The lowest BCUT2D eigenvalue weighted by Crippen LogP contribution is -2.17. The van der Waals surface area contributed by atoms with Crippen molar-refractivity contribution in [3.63, 3.8) is 0 Å². The van der Waals surface area contributed by atoms with Crippen LogP contribution in [0.2, 0.25) is 0 Å². The van der Waals surface area contributed by atoms with Gasteiger partial charge in [-0.3, -0.25) is 5.10 Å². The molecule has 2 aromatic rings. The van der Waals surface area contributed by atoms with Gasteiger partial charge < -0.3 is 5.73 Å². The number of aromatic nitrogens is 2. The highest BCUT2D eigenvalue weighted by molar-refractivity contribution is 5.62.